The van der Waals surface area contributed by atoms with Crippen molar-refractivity contribution in [3.8, 4) is 5.69 Å². The molecule has 1 heterocycles. The number of aryl methyl sites for hydroxylation is 1. The summed E-state index contributed by atoms with van der Waals surface area (Å²) in [5.41, 5.74) is 4.31. The lowest BCUT2D eigenvalue weighted by atomic mass is 10.2. The summed E-state index contributed by atoms with van der Waals surface area (Å²) in [5.74, 6) is 0. The van der Waals surface area contributed by atoms with Crippen LogP contribution < -0.4 is 4.57 Å². The minimum absolute atomic E-state index is 0.0913. The fourth-order valence-electron chi connectivity index (χ4n) is 2.64. The molecular weight excluding hydrogens is 294 g/mol. The monoisotopic (exact) mass is 312 g/mol. The number of imidazole rings is 1. The Morgan fingerprint density at radius 1 is 1.22 bits per heavy atom. The number of non-ortho nitro benzene ring substituents is 1. The first-order chi connectivity index (χ1) is 11.1. The van der Waals surface area contributed by atoms with Gasteiger partial charge in [-0.15, -0.1) is 0 Å². The normalized spacial score (nSPS) is 11.0. The summed E-state index contributed by atoms with van der Waals surface area (Å²) >= 11 is 0. The maximum absolute atomic E-state index is 10.8. The Hall–Kier alpha value is -2.73. The lowest BCUT2D eigenvalue weighted by Gasteiger charge is -1.98. The highest BCUT2D eigenvalue weighted by Crippen LogP contribution is 2.20. The van der Waals surface area contributed by atoms with E-state index in [9.17, 15) is 10.1 Å². The first-order valence-corrected chi connectivity index (χ1v) is 7.35. The standard InChI is InChI=1S/C17H18N3O3/c1-13-3-8-16-17(11-13)19(12-18(16)9-10-23-2)14-4-6-15(7-5-14)20(21)22/h3-8,11-12H,9-10H2,1-2H3/q+1. The van der Waals surface area contributed by atoms with E-state index in [1.54, 1.807) is 19.2 Å². The van der Waals surface area contributed by atoms with E-state index in [1.165, 1.54) is 12.1 Å². The van der Waals surface area contributed by atoms with Crippen molar-refractivity contribution >= 4 is 16.7 Å². The molecule has 0 amide bonds. The molecule has 0 aliphatic rings. The van der Waals surface area contributed by atoms with Crippen LogP contribution in [0.1, 0.15) is 5.56 Å². The number of hydrogen-bond donors (Lipinski definition) is 0. The SMILES string of the molecule is COCC[n+]1cn(-c2ccc([N+](=O)[O-])cc2)c2cc(C)ccc21. The maximum atomic E-state index is 10.8. The summed E-state index contributed by atoms with van der Waals surface area (Å²) < 4.78 is 9.34. The van der Waals surface area contributed by atoms with Crippen molar-refractivity contribution in [3.05, 3.63) is 64.5 Å². The molecule has 0 spiro atoms. The van der Waals surface area contributed by atoms with Crippen LogP contribution in [-0.2, 0) is 11.3 Å². The molecule has 118 valence electrons. The summed E-state index contributed by atoms with van der Waals surface area (Å²) in [7, 11) is 1.68. The third-order valence-corrected chi connectivity index (χ3v) is 3.83. The molecule has 0 bridgehead atoms. The first-order valence-electron chi connectivity index (χ1n) is 7.35. The van der Waals surface area contributed by atoms with E-state index in [4.69, 9.17) is 4.74 Å². The Morgan fingerprint density at radius 3 is 2.61 bits per heavy atom. The zero-order valence-corrected chi connectivity index (χ0v) is 13.1. The number of methoxy groups -OCH3 is 1. The van der Waals surface area contributed by atoms with E-state index in [2.05, 4.69) is 22.8 Å². The molecule has 0 saturated heterocycles. The predicted molar refractivity (Wildman–Crippen MR) is 86.7 cm³/mol. The van der Waals surface area contributed by atoms with Gasteiger partial charge >= 0.3 is 0 Å². The van der Waals surface area contributed by atoms with E-state index in [0.717, 1.165) is 28.8 Å². The van der Waals surface area contributed by atoms with Crippen LogP contribution >= 0.6 is 0 Å². The number of nitro groups is 1. The van der Waals surface area contributed by atoms with Gasteiger partial charge in [0, 0.05) is 19.2 Å². The lowest BCUT2D eigenvalue weighted by Crippen LogP contribution is -2.34. The zero-order valence-electron chi connectivity index (χ0n) is 13.1. The maximum Gasteiger partial charge on any atom is 0.269 e. The average molecular weight is 312 g/mol. The predicted octanol–water partition coefficient (Wildman–Crippen LogP) is 2.78. The van der Waals surface area contributed by atoms with Crippen LogP contribution in [0.15, 0.2) is 48.8 Å². The summed E-state index contributed by atoms with van der Waals surface area (Å²) in [6.07, 6.45) is 2.00. The van der Waals surface area contributed by atoms with Gasteiger partial charge in [0.05, 0.1) is 11.5 Å². The van der Waals surface area contributed by atoms with Crippen molar-refractivity contribution < 1.29 is 14.2 Å². The van der Waals surface area contributed by atoms with Gasteiger partial charge in [0.25, 0.3) is 5.69 Å². The number of rotatable bonds is 5. The highest BCUT2D eigenvalue weighted by atomic mass is 16.6. The molecule has 3 aromatic rings. The third-order valence-electron chi connectivity index (χ3n) is 3.83. The largest absolute Gasteiger partial charge is 0.381 e. The van der Waals surface area contributed by atoms with Crippen molar-refractivity contribution in [3.63, 3.8) is 0 Å². The van der Waals surface area contributed by atoms with Gasteiger partial charge in [-0.1, -0.05) is 6.07 Å². The van der Waals surface area contributed by atoms with Crippen molar-refractivity contribution in [2.24, 2.45) is 0 Å². The van der Waals surface area contributed by atoms with Gasteiger partial charge in [0.1, 0.15) is 12.2 Å². The molecule has 0 radical (unpaired) electrons. The Bertz CT molecular complexity index is 853. The molecule has 3 rings (SSSR count). The Morgan fingerprint density at radius 2 is 1.96 bits per heavy atom. The molecule has 6 heteroatoms. The molecule has 1 aromatic heterocycles. The topological polar surface area (TPSA) is 61.2 Å². The molecule has 2 aromatic carbocycles. The average Bonchev–Trinajstić information content (AvgIpc) is 2.90. The van der Waals surface area contributed by atoms with Gasteiger partial charge < -0.3 is 4.74 Å². The van der Waals surface area contributed by atoms with Gasteiger partial charge in [0.2, 0.25) is 6.33 Å². The Balaban J connectivity index is 2.12. The number of nitrogens with zero attached hydrogens (tertiary/aromatic N) is 3. The molecule has 23 heavy (non-hydrogen) atoms. The Kier molecular flexibility index (Phi) is 4.08. The summed E-state index contributed by atoms with van der Waals surface area (Å²) in [6.45, 7) is 3.42. The van der Waals surface area contributed by atoms with Crippen LogP contribution in [0.3, 0.4) is 0 Å². The van der Waals surface area contributed by atoms with Gasteiger partial charge in [-0.05, 0) is 36.8 Å². The van der Waals surface area contributed by atoms with Gasteiger partial charge in [-0.25, -0.2) is 4.57 Å². The lowest BCUT2D eigenvalue weighted by molar-refractivity contribution is -0.673. The third kappa shape index (κ3) is 2.93. The van der Waals surface area contributed by atoms with E-state index in [0.29, 0.717) is 6.61 Å². The van der Waals surface area contributed by atoms with Gasteiger partial charge in [-0.2, -0.15) is 4.57 Å². The van der Waals surface area contributed by atoms with Crippen molar-refractivity contribution in [2.75, 3.05) is 13.7 Å². The molecule has 6 nitrogen and oxygen atoms in total. The van der Waals surface area contributed by atoms with Crippen molar-refractivity contribution in [1.82, 2.24) is 4.57 Å². The van der Waals surface area contributed by atoms with Crippen LogP contribution in [0.5, 0.6) is 0 Å². The molecule has 0 saturated carbocycles. The van der Waals surface area contributed by atoms with Crippen LogP contribution in [0.25, 0.3) is 16.7 Å². The van der Waals surface area contributed by atoms with Crippen LogP contribution in [0.4, 0.5) is 5.69 Å². The minimum Gasteiger partial charge on any atom is -0.381 e. The highest BCUT2D eigenvalue weighted by molar-refractivity contribution is 5.75. The molecule has 0 atom stereocenters. The molecule has 0 unspecified atom stereocenters. The molecule has 0 N–H and O–H groups in total. The quantitative estimate of drug-likeness (QED) is 0.413. The summed E-state index contributed by atoms with van der Waals surface area (Å²) in [4.78, 5) is 10.4. The van der Waals surface area contributed by atoms with Crippen LogP contribution in [0, 0.1) is 17.0 Å². The van der Waals surface area contributed by atoms with E-state index in [-0.39, 0.29) is 10.6 Å². The van der Waals surface area contributed by atoms with Gasteiger partial charge in [0.15, 0.2) is 11.0 Å². The number of fused-ring (bicyclic) bond motifs is 1. The molecule has 0 aliphatic carbocycles. The second kappa shape index (κ2) is 6.18. The van der Waals surface area contributed by atoms with E-state index in [1.807, 2.05) is 17.8 Å². The second-order valence-corrected chi connectivity index (χ2v) is 5.44. The fourth-order valence-corrected chi connectivity index (χ4v) is 2.64. The molecular formula is C17H18N3O3+. The van der Waals surface area contributed by atoms with E-state index < -0.39 is 0 Å². The number of benzene rings is 2. The van der Waals surface area contributed by atoms with E-state index >= 15 is 0 Å². The molecule has 0 aliphatic heterocycles. The summed E-state index contributed by atoms with van der Waals surface area (Å²) in [6, 6.07) is 12.8. The molecule has 0 fully saturated rings. The smallest absolute Gasteiger partial charge is 0.269 e. The van der Waals surface area contributed by atoms with Gasteiger partial charge in [-0.3, -0.25) is 10.1 Å². The first kappa shape index (κ1) is 15.2. The number of nitro benzene ring substituents is 1. The Labute approximate surface area is 133 Å². The highest BCUT2D eigenvalue weighted by Gasteiger charge is 2.18. The number of ether oxygens (including phenoxy) is 1. The number of hydrogen-bond acceptors (Lipinski definition) is 3. The van der Waals surface area contributed by atoms with Crippen LogP contribution in [0.2, 0.25) is 0 Å². The summed E-state index contributed by atoms with van der Waals surface area (Å²) in [5, 5.41) is 10.8. The zero-order chi connectivity index (χ0) is 16.4. The van der Waals surface area contributed by atoms with Crippen LogP contribution in [-0.4, -0.2) is 23.2 Å². The minimum atomic E-state index is -0.388. The second-order valence-electron chi connectivity index (χ2n) is 5.44. The van der Waals surface area contributed by atoms with Crippen molar-refractivity contribution in [1.29, 1.82) is 0 Å². The number of aromatic nitrogens is 2. The van der Waals surface area contributed by atoms with Crippen molar-refractivity contribution in [2.45, 2.75) is 13.5 Å². The fraction of sp³-hybridized carbons (Fsp3) is 0.235.